The molecular weight excluding hydrogens is 312 g/mol. The molecule has 1 heterocycles. The van der Waals surface area contributed by atoms with Crippen LogP contribution in [-0.2, 0) is 12.8 Å². The molecule has 0 aliphatic rings. The summed E-state index contributed by atoms with van der Waals surface area (Å²) in [5.74, 6) is 1.37. The van der Waals surface area contributed by atoms with Crippen LogP contribution in [-0.4, -0.2) is 50.7 Å². The second-order valence-corrected chi connectivity index (χ2v) is 6.43. The lowest BCUT2D eigenvalue weighted by atomic mass is 9.97. The summed E-state index contributed by atoms with van der Waals surface area (Å²) < 4.78 is 5.63. The molecule has 0 bridgehead atoms. The Labute approximate surface area is 151 Å². The molecule has 1 aromatic heterocycles. The molecule has 0 saturated heterocycles. The van der Waals surface area contributed by atoms with E-state index < -0.39 is 0 Å². The summed E-state index contributed by atoms with van der Waals surface area (Å²) in [6.07, 6.45) is 1.96. The molecule has 0 unspecified atom stereocenters. The van der Waals surface area contributed by atoms with Gasteiger partial charge in [-0.05, 0) is 68.9 Å². The van der Waals surface area contributed by atoms with Crippen LogP contribution in [0.3, 0.4) is 0 Å². The van der Waals surface area contributed by atoms with Crippen molar-refractivity contribution in [3.63, 3.8) is 0 Å². The fraction of sp³-hybridized carbons (Fsp3) is 0.450. The van der Waals surface area contributed by atoms with Gasteiger partial charge in [0.1, 0.15) is 11.6 Å². The molecule has 0 spiro atoms. The molecule has 0 radical (unpaired) electrons. The average Bonchev–Trinajstić information content (AvgIpc) is 2.60. The highest BCUT2D eigenvalue weighted by Gasteiger charge is 2.12. The lowest BCUT2D eigenvalue weighted by molar-refractivity contribution is 0.400. The van der Waals surface area contributed by atoms with E-state index in [1.165, 1.54) is 11.1 Å². The first-order valence-corrected chi connectivity index (χ1v) is 8.83. The maximum Gasteiger partial charge on any atom is 0.128 e. The minimum Gasteiger partial charge on any atom is -0.496 e. The van der Waals surface area contributed by atoms with E-state index in [1.54, 1.807) is 13.2 Å². The topological polar surface area (TPSA) is 63.4 Å². The van der Waals surface area contributed by atoms with E-state index in [-0.39, 0.29) is 0 Å². The third-order valence-electron chi connectivity index (χ3n) is 4.26. The highest BCUT2D eigenvalue weighted by Crippen LogP contribution is 2.32. The predicted molar refractivity (Wildman–Crippen MR) is 105 cm³/mol. The summed E-state index contributed by atoms with van der Waals surface area (Å²) in [6.45, 7) is 5.18. The smallest absolute Gasteiger partial charge is 0.128 e. The van der Waals surface area contributed by atoms with Gasteiger partial charge < -0.3 is 20.7 Å². The second-order valence-electron chi connectivity index (χ2n) is 6.43. The van der Waals surface area contributed by atoms with Crippen molar-refractivity contribution < 1.29 is 4.74 Å². The van der Waals surface area contributed by atoms with Crippen molar-refractivity contribution in [1.29, 1.82) is 0 Å². The standard InChI is InChI=1S/C20H30N4O/c1-5-15-13-17(18-7-6-8-20(21)23-18)19(25-4)14-16(15)9-10-22-11-12-24(2)3/h6-8,13-14,22H,5,9-12H2,1-4H3,(H2,21,23). The number of pyridine rings is 1. The van der Waals surface area contributed by atoms with E-state index >= 15 is 0 Å². The summed E-state index contributed by atoms with van der Waals surface area (Å²) in [6, 6.07) is 10.0. The Kier molecular flexibility index (Phi) is 7.22. The van der Waals surface area contributed by atoms with Crippen LogP contribution in [0.1, 0.15) is 18.1 Å². The highest BCUT2D eigenvalue weighted by atomic mass is 16.5. The Bertz CT molecular complexity index is 685. The molecule has 5 heteroatoms. The number of nitrogens with two attached hydrogens (primary N) is 1. The number of aromatic nitrogens is 1. The summed E-state index contributed by atoms with van der Waals surface area (Å²) >= 11 is 0. The Balaban J connectivity index is 2.19. The normalized spacial score (nSPS) is 11.1. The number of anilines is 1. The summed E-state index contributed by atoms with van der Waals surface area (Å²) in [5, 5.41) is 3.50. The SMILES string of the molecule is CCc1cc(-c2cccc(N)n2)c(OC)cc1CCNCCN(C)C. The number of hydrogen-bond donors (Lipinski definition) is 2. The van der Waals surface area contributed by atoms with Gasteiger partial charge >= 0.3 is 0 Å². The molecule has 0 atom stereocenters. The van der Waals surface area contributed by atoms with Crippen molar-refractivity contribution in [3.8, 4) is 17.0 Å². The van der Waals surface area contributed by atoms with E-state index in [0.29, 0.717) is 5.82 Å². The zero-order valence-electron chi connectivity index (χ0n) is 15.8. The van der Waals surface area contributed by atoms with Crippen LogP contribution >= 0.6 is 0 Å². The van der Waals surface area contributed by atoms with Gasteiger partial charge in [0.2, 0.25) is 0 Å². The number of nitrogens with one attached hydrogen (secondary N) is 1. The Morgan fingerprint density at radius 3 is 2.60 bits per heavy atom. The van der Waals surface area contributed by atoms with Gasteiger partial charge in [-0.3, -0.25) is 0 Å². The van der Waals surface area contributed by atoms with Crippen molar-refractivity contribution in [2.75, 3.05) is 46.6 Å². The van der Waals surface area contributed by atoms with Crippen molar-refractivity contribution >= 4 is 5.82 Å². The van der Waals surface area contributed by atoms with Gasteiger partial charge in [0.25, 0.3) is 0 Å². The van der Waals surface area contributed by atoms with Gasteiger partial charge in [0, 0.05) is 18.7 Å². The van der Waals surface area contributed by atoms with Crippen LogP contribution < -0.4 is 15.8 Å². The van der Waals surface area contributed by atoms with Crippen LogP contribution in [0.2, 0.25) is 0 Å². The Morgan fingerprint density at radius 1 is 1.16 bits per heavy atom. The minimum absolute atomic E-state index is 0.520. The first kappa shape index (κ1) is 19.2. The van der Waals surface area contributed by atoms with E-state index in [0.717, 1.165) is 49.5 Å². The first-order valence-electron chi connectivity index (χ1n) is 8.83. The number of aryl methyl sites for hydroxylation is 1. The zero-order valence-corrected chi connectivity index (χ0v) is 15.8. The molecule has 0 aliphatic heterocycles. The maximum atomic E-state index is 5.84. The molecule has 5 nitrogen and oxygen atoms in total. The molecule has 0 fully saturated rings. The van der Waals surface area contributed by atoms with E-state index in [9.17, 15) is 0 Å². The van der Waals surface area contributed by atoms with Crippen LogP contribution in [0.25, 0.3) is 11.3 Å². The van der Waals surface area contributed by atoms with Crippen molar-refractivity contribution in [1.82, 2.24) is 15.2 Å². The monoisotopic (exact) mass is 342 g/mol. The number of likely N-dealkylation sites (N-methyl/N-ethyl adjacent to an activating group) is 1. The van der Waals surface area contributed by atoms with E-state index in [1.807, 2.05) is 12.1 Å². The number of benzene rings is 1. The summed E-state index contributed by atoms with van der Waals surface area (Å²) in [7, 11) is 5.88. The second kappa shape index (κ2) is 9.39. The fourth-order valence-corrected chi connectivity index (χ4v) is 2.85. The Hall–Kier alpha value is -2.11. The zero-order chi connectivity index (χ0) is 18.2. The quantitative estimate of drug-likeness (QED) is 0.686. The molecule has 136 valence electrons. The molecule has 0 amide bonds. The van der Waals surface area contributed by atoms with Gasteiger partial charge in [0.15, 0.2) is 0 Å². The third kappa shape index (κ3) is 5.44. The van der Waals surface area contributed by atoms with Gasteiger partial charge in [-0.15, -0.1) is 0 Å². The average molecular weight is 342 g/mol. The minimum atomic E-state index is 0.520. The maximum absolute atomic E-state index is 5.84. The predicted octanol–water partition coefficient (Wildman–Crippen LogP) is 2.60. The number of rotatable bonds is 9. The number of nitrogen functional groups attached to an aromatic ring is 1. The number of methoxy groups -OCH3 is 1. The van der Waals surface area contributed by atoms with Crippen LogP contribution in [0, 0.1) is 0 Å². The Morgan fingerprint density at radius 2 is 1.96 bits per heavy atom. The molecule has 2 rings (SSSR count). The number of ether oxygens (including phenoxy) is 1. The largest absolute Gasteiger partial charge is 0.496 e. The molecule has 2 aromatic rings. The van der Waals surface area contributed by atoms with Crippen molar-refractivity contribution in [2.24, 2.45) is 0 Å². The number of hydrogen-bond acceptors (Lipinski definition) is 5. The highest BCUT2D eigenvalue weighted by molar-refractivity contribution is 5.70. The molecule has 25 heavy (non-hydrogen) atoms. The van der Waals surface area contributed by atoms with Gasteiger partial charge in [-0.1, -0.05) is 13.0 Å². The van der Waals surface area contributed by atoms with Crippen LogP contribution in [0.5, 0.6) is 5.75 Å². The lowest BCUT2D eigenvalue weighted by Gasteiger charge is -2.16. The van der Waals surface area contributed by atoms with E-state index in [4.69, 9.17) is 10.5 Å². The molecule has 1 aromatic carbocycles. The van der Waals surface area contributed by atoms with Crippen molar-refractivity contribution in [2.45, 2.75) is 19.8 Å². The van der Waals surface area contributed by atoms with Crippen LogP contribution in [0.4, 0.5) is 5.82 Å². The molecule has 3 N–H and O–H groups in total. The molecular formula is C20H30N4O. The summed E-state index contributed by atoms with van der Waals surface area (Å²) in [4.78, 5) is 6.62. The fourth-order valence-electron chi connectivity index (χ4n) is 2.85. The first-order chi connectivity index (χ1) is 12.0. The van der Waals surface area contributed by atoms with Gasteiger partial charge in [0.05, 0.1) is 12.8 Å². The number of nitrogens with zero attached hydrogens (tertiary/aromatic N) is 2. The molecule has 0 saturated carbocycles. The van der Waals surface area contributed by atoms with Crippen LogP contribution in [0.15, 0.2) is 30.3 Å². The van der Waals surface area contributed by atoms with Crippen molar-refractivity contribution in [3.05, 3.63) is 41.5 Å². The summed E-state index contributed by atoms with van der Waals surface area (Å²) in [5.41, 5.74) is 10.3. The third-order valence-corrected chi connectivity index (χ3v) is 4.26. The lowest BCUT2D eigenvalue weighted by Crippen LogP contribution is -2.28. The van der Waals surface area contributed by atoms with E-state index in [2.05, 4.69) is 48.4 Å². The molecule has 0 aliphatic carbocycles. The van der Waals surface area contributed by atoms with Gasteiger partial charge in [-0.25, -0.2) is 4.98 Å². The van der Waals surface area contributed by atoms with Gasteiger partial charge in [-0.2, -0.15) is 0 Å².